The Morgan fingerprint density at radius 3 is 2.50 bits per heavy atom. The Hall–Kier alpha value is -1.58. The summed E-state index contributed by atoms with van der Waals surface area (Å²) in [4.78, 5) is 15.2. The Morgan fingerprint density at radius 1 is 1.36 bits per heavy atom. The van der Waals surface area contributed by atoms with Crippen molar-refractivity contribution in [3.63, 3.8) is 0 Å². The molecular formula is C16H26N4OS. The molecule has 1 rings (SSSR count). The van der Waals surface area contributed by atoms with E-state index in [-0.39, 0.29) is 6.03 Å². The number of carbonyl (C=O) groups excluding carboxylic acids is 1. The first-order valence-electron chi connectivity index (χ1n) is 7.47. The molecule has 1 aromatic rings. The fourth-order valence-corrected chi connectivity index (χ4v) is 3.23. The average Bonchev–Trinajstić information content (AvgIpc) is 2.68. The van der Waals surface area contributed by atoms with Crippen LogP contribution >= 0.6 is 11.3 Å². The van der Waals surface area contributed by atoms with Gasteiger partial charge in [-0.1, -0.05) is 13.8 Å². The molecule has 0 spiro atoms. The summed E-state index contributed by atoms with van der Waals surface area (Å²) in [5, 5.41) is 15.5. The highest BCUT2D eigenvalue weighted by molar-refractivity contribution is 7.16. The largest absolute Gasteiger partial charge is 0.336 e. The van der Waals surface area contributed by atoms with E-state index in [0.29, 0.717) is 29.1 Å². The normalized spacial score (nSPS) is 12.3. The first kappa shape index (κ1) is 18.5. The van der Waals surface area contributed by atoms with Crippen LogP contribution in [-0.4, -0.2) is 37.6 Å². The Morgan fingerprint density at radius 2 is 2.00 bits per heavy atom. The van der Waals surface area contributed by atoms with Crippen molar-refractivity contribution in [2.45, 2.75) is 40.2 Å². The molecule has 0 aliphatic heterocycles. The van der Waals surface area contributed by atoms with E-state index in [1.807, 2.05) is 27.9 Å². The van der Waals surface area contributed by atoms with Gasteiger partial charge in [0.15, 0.2) is 0 Å². The van der Waals surface area contributed by atoms with Crippen LogP contribution in [0.5, 0.6) is 0 Å². The summed E-state index contributed by atoms with van der Waals surface area (Å²) in [6.07, 6.45) is 1.02. The second-order valence-electron chi connectivity index (χ2n) is 6.18. The number of amides is 2. The number of hydrogen-bond donors (Lipinski definition) is 2. The zero-order valence-electron chi connectivity index (χ0n) is 14.3. The summed E-state index contributed by atoms with van der Waals surface area (Å²) in [5.41, 5.74) is 1.50. The maximum atomic E-state index is 12.1. The van der Waals surface area contributed by atoms with E-state index in [4.69, 9.17) is 0 Å². The predicted octanol–water partition coefficient (Wildman–Crippen LogP) is 3.33. The van der Waals surface area contributed by atoms with Gasteiger partial charge in [-0.15, -0.1) is 11.3 Å². The molecule has 0 saturated carbocycles. The minimum atomic E-state index is -0.256. The summed E-state index contributed by atoms with van der Waals surface area (Å²) in [6, 6.07) is 2.20. The summed E-state index contributed by atoms with van der Waals surface area (Å²) in [6.45, 7) is 8.79. The third-order valence-corrected chi connectivity index (χ3v) is 4.82. The number of urea groups is 1. The number of likely N-dealkylation sites (N-methyl/N-ethyl adjacent to an activating group) is 1. The highest BCUT2D eigenvalue weighted by Crippen LogP contribution is 2.31. The average molecular weight is 322 g/mol. The van der Waals surface area contributed by atoms with Crippen LogP contribution < -0.4 is 10.6 Å². The molecule has 1 atom stereocenters. The second kappa shape index (κ2) is 8.16. The van der Waals surface area contributed by atoms with Gasteiger partial charge in [0, 0.05) is 17.5 Å². The van der Waals surface area contributed by atoms with Crippen LogP contribution in [0.4, 0.5) is 9.80 Å². The molecule has 22 heavy (non-hydrogen) atoms. The van der Waals surface area contributed by atoms with Crippen molar-refractivity contribution < 1.29 is 4.79 Å². The van der Waals surface area contributed by atoms with Gasteiger partial charge in [-0.25, -0.2) is 4.79 Å². The van der Waals surface area contributed by atoms with Gasteiger partial charge in [0.05, 0.1) is 5.56 Å². The number of nitriles is 1. The number of hydrogen-bond acceptors (Lipinski definition) is 4. The molecule has 6 heteroatoms. The highest BCUT2D eigenvalue weighted by atomic mass is 32.1. The molecule has 0 aromatic carbocycles. The molecule has 0 fully saturated rings. The van der Waals surface area contributed by atoms with E-state index >= 15 is 0 Å². The van der Waals surface area contributed by atoms with Gasteiger partial charge in [-0.2, -0.15) is 5.26 Å². The molecule has 1 aromatic heterocycles. The fraction of sp³-hybridized carbons (Fsp3) is 0.625. The number of rotatable bonds is 6. The highest BCUT2D eigenvalue weighted by Gasteiger charge is 2.17. The fourth-order valence-electron chi connectivity index (χ4n) is 2.23. The summed E-state index contributed by atoms with van der Waals surface area (Å²) in [7, 11) is 4.04. The van der Waals surface area contributed by atoms with Crippen LogP contribution in [0.1, 0.15) is 36.3 Å². The topological polar surface area (TPSA) is 68.2 Å². The molecule has 0 saturated heterocycles. The molecule has 1 unspecified atom stereocenters. The lowest BCUT2D eigenvalue weighted by atomic mass is 10.0. The molecule has 5 nitrogen and oxygen atoms in total. The predicted molar refractivity (Wildman–Crippen MR) is 92.5 cm³/mol. The number of anilines is 1. The molecule has 0 radical (unpaired) electrons. The second-order valence-corrected chi connectivity index (χ2v) is 7.41. The number of nitrogens with one attached hydrogen (secondary N) is 2. The first-order valence-corrected chi connectivity index (χ1v) is 8.29. The number of aryl methyl sites for hydroxylation is 1. The standard InChI is InChI=1S/C16H26N4OS/c1-10(2)7-13(20(5)6)9-18-16(21)19-15-14(8-17)11(3)12(4)22-15/h10,13H,7,9H2,1-6H3,(H2,18,19,21). The smallest absolute Gasteiger partial charge is 0.319 e. The number of carbonyl (C=O) groups is 1. The molecule has 122 valence electrons. The Bertz CT molecular complexity index is 557. The van der Waals surface area contributed by atoms with Crippen molar-refractivity contribution in [2.24, 2.45) is 5.92 Å². The third-order valence-electron chi connectivity index (χ3n) is 3.70. The zero-order chi connectivity index (χ0) is 16.9. The molecule has 1 heterocycles. The van der Waals surface area contributed by atoms with Gasteiger partial charge in [0.1, 0.15) is 11.1 Å². The Balaban J connectivity index is 2.63. The number of nitrogens with zero attached hydrogens (tertiary/aromatic N) is 2. The molecular weight excluding hydrogens is 296 g/mol. The molecule has 2 N–H and O–H groups in total. The molecule has 0 bridgehead atoms. The van der Waals surface area contributed by atoms with Crippen molar-refractivity contribution in [3.05, 3.63) is 16.0 Å². The third kappa shape index (κ3) is 5.00. The quantitative estimate of drug-likeness (QED) is 0.844. The van der Waals surface area contributed by atoms with Crippen molar-refractivity contribution in [3.8, 4) is 6.07 Å². The summed E-state index contributed by atoms with van der Waals surface area (Å²) in [5.74, 6) is 0.574. The van der Waals surface area contributed by atoms with E-state index in [2.05, 4.69) is 35.5 Å². The maximum absolute atomic E-state index is 12.1. The van der Waals surface area contributed by atoms with Crippen molar-refractivity contribution in [1.82, 2.24) is 10.2 Å². The zero-order valence-corrected chi connectivity index (χ0v) is 15.1. The lowest BCUT2D eigenvalue weighted by Crippen LogP contribution is -2.42. The van der Waals surface area contributed by atoms with E-state index in [0.717, 1.165) is 16.9 Å². The first-order chi connectivity index (χ1) is 10.3. The van der Waals surface area contributed by atoms with Gasteiger partial charge < -0.3 is 10.2 Å². The minimum absolute atomic E-state index is 0.256. The van der Waals surface area contributed by atoms with Crippen LogP contribution in [0, 0.1) is 31.1 Å². The van der Waals surface area contributed by atoms with E-state index in [9.17, 15) is 10.1 Å². The van der Waals surface area contributed by atoms with Crippen LogP contribution in [0.15, 0.2) is 0 Å². The van der Waals surface area contributed by atoms with Gasteiger partial charge in [-0.05, 0) is 45.8 Å². The van der Waals surface area contributed by atoms with Crippen LogP contribution in [0.3, 0.4) is 0 Å². The summed E-state index contributed by atoms with van der Waals surface area (Å²) >= 11 is 1.44. The SMILES string of the molecule is Cc1sc(NC(=O)NCC(CC(C)C)N(C)C)c(C#N)c1C. The molecule has 0 aliphatic rings. The van der Waals surface area contributed by atoms with Crippen LogP contribution in [0.25, 0.3) is 0 Å². The lowest BCUT2D eigenvalue weighted by molar-refractivity contribution is 0.231. The Kier molecular flexibility index (Phi) is 6.85. The minimum Gasteiger partial charge on any atom is -0.336 e. The van der Waals surface area contributed by atoms with Crippen molar-refractivity contribution in [2.75, 3.05) is 26.0 Å². The van der Waals surface area contributed by atoms with Crippen molar-refractivity contribution in [1.29, 1.82) is 5.26 Å². The van der Waals surface area contributed by atoms with E-state index in [1.165, 1.54) is 11.3 Å². The van der Waals surface area contributed by atoms with E-state index in [1.54, 1.807) is 0 Å². The lowest BCUT2D eigenvalue weighted by Gasteiger charge is -2.26. The maximum Gasteiger partial charge on any atom is 0.319 e. The van der Waals surface area contributed by atoms with Crippen LogP contribution in [0.2, 0.25) is 0 Å². The Labute approximate surface area is 137 Å². The van der Waals surface area contributed by atoms with Gasteiger partial charge >= 0.3 is 6.03 Å². The monoisotopic (exact) mass is 322 g/mol. The van der Waals surface area contributed by atoms with Gasteiger partial charge in [0.25, 0.3) is 0 Å². The number of thiophene rings is 1. The van der Waals surface area contributed by atoms with Gasteiger partial charge in [0.2, 0.25) is 0 Å². The van der Waals surface area contributed by atoms with Crippen molar-refractivity contribution >= 4 is 22.4 Å². The van der Waals surface area contributed by atoms with E-state index < -0.39 is 0 Å². The molecule has 2 amide bonds. The molecule has 0 aliphatic carbocycles. The van der Waals surface area contributed by atoms with Gasteiger partial charge in [-0.3, -0.25) is 5.32 Å². The van der Waals surface area contributed by atoms with Crippen LogP contribution in [-0.2, 0) is 0 Å². The summed E-state index contributed by atoms with van der Waals surface area (Å²) < 4.78 is 0.